The monoisotopic (exact) mass is 289 g/mol. The van der Waals surface area contributed by atoms with Crippen LogP contribution >= 0.6 is 0 Å². The fourth-order valence-electron chi connectivity index (χ4n) is 2.30. The van der Waals surface area contributed by atoms with E-state index in [1.807, 2.05) is 0 Å². The minimum absolute atomic E-state index is 0.212. The highest BCUT2D eigenvalue weighted by atomic mass is 19.4. The van der Waals surface area contributed by atoms with Crippen molar-refractivity contribution in [3.8, 4) is 5.75 Å². The third-order valence-electron chi connectivity index (χ3n) is 3.44. The molecule has 0 bridgehead atoms. The number of halogens is 3. The van der Waals surface area contributed by atoms with Crippen LogP contribution < -0.4 is 10.5 Å². The Bertz CT molecular complexity index is 406. The molecule has 0 aromatic heterocycles. The van der Waals surface area contributed by atoms with Gasteiger partial charge in [0.15, 0.2) is 0 Å². The summed E-state index contributed by atoms with van der Waals surface area (Å²) in [5.74, 6) is 0.0619. The first-order valence-electron chi connectivity index (χ1n) is 6.98. The molecule has 2 atom stereocenters. The van der Waals surface area contributed by atoms with Crippen LogP contribution in [-0.4, -0.2) is 6.36 Å². The highest BCUT2D eigenvalue weighted by molar-refractivity contribution is 5.31. The Balaban J connectivity index is 2.81. The largest absolute Gasteiger partial charge is 0.573 e. The van der Waals surface area contributed by atoms with E-state index in [0.29, 0.717) is 5.56 Å². The molecule has 5 heteroatoms. The molecule has 0 aliphatic rings. The van der Waals surface area contributed by atoms with Gasteiger partial charge in [0.25, 0.3) is 0 Å². The molecule has 1 aromatic rings. The van der Waals surface area contributed by atoms with Crippen molar-refractivity contribution < 1.29 is 17.9 Å². The topological polar surface area (TPSA) is 35.2 Å². The third kappa shape index (κ3) is 5.41. The lowest BCUT2D eigenvalue weighted by atomic mass is 9.87. The average Bonchev–Trinajstić information content (AvgIpc) is 2.37. The van der Waals surface area contributed by atoms with E-state index in [9.17, 15) is 13.2 Å². The summed E-state index contributed by atoms with van der Waals surface area (Å²) in [6.07, 6.45) is -0.621. The average molecular weight is 289 g/mol. The van der Waals surface area contributed by atoms with Gasteiger partial charge in [0.1, 0.15) is 5.75 Å². The van der Waals surface area contributed by atoms with Crippen molar-refractivity contribution in [2.45, 2.75) is 51.9 Å². The molecule has 0 spiro atoms. The molecule has 0 aliphatic heterocycles. The molecule has 114 valence electrons. The number of alkyl halides is 3. The minimum atomic E-state index is -4.67. The first-order valence-corrected chi connectivity index (χ1v) is 6.98. The molecule has 0 amide bonds. The van der Waals surface area contributed by atoms with E-state index in [1.54, 1.807) is 12.1 Å². The van der Waals surface area contributed by atoms with Crippen molar-refractivity contribution in [1.29, 1.82) is 0 Å². The number of nitrogens with two attached hydrogens (primary N) is 1. The number of ether oxygens (including phenoxy) is 1. The van der Waals surface area contributed by atoms with Crippen molar-refractivity contribution in [3.05, 3.63) is 29.8 Å². The summed E-state index contributed by atoms with van der Waals surface area (Å²) in [5, 5.41) is 0. The molecule has 2 unspecified atom stereocenters. The normalized spacial score (nSPS) is 14.9. The highest BCUT2D eigenvalue weighted by Gasteiger charge is 2.31. The zero-order chi connectivity index (χ0) is 15.2. The molecular formula is C15H22F3NO. The van der Waals surface area contributed by atoms with Gasteiger partial charge in [-0.1, -0.05) is 45.2 Å². The standard InChI is InChI=1S/C15H22F3NO/c1-3-5-7-11(4-2)14(19)12-8-6-9-13(10-12)20-15(16,17)18/h6,8-11,14H,3-5,7,19H2,1-2H3. The molecule has 0 aliphatic carbocycles. The van der Waals surface area contributed by atoms with Gasteiger partial charge in [-0.05, 0) is 30.0 Å². The first-order chi connectivity index (χ1) is 9.37. The summed E-state index contributed by atoms with van der Waals surface area (Å²) >= 11 is 0. The number of hydrogen-bond acceptors (Lipinski definition) is 2. The lowest BCUT2D eigenvalue weighted by Gasteiger charge is -2.23. The van der Waals surface area contributed by atoms with Gasteiger partial charge >= 0.3 is 6.36 Å². The lowest BCUT2D eigenvalue weighted by molar-refractivity contribution is -0.274. The van der Waals surface area contributed by atoms with Crippen molar-refractivity contribution in [3.63, 3.8) is 0 Å². The number of rotatable bonds is 7. The smallest absolute Gasteiger partial charge is 0.406 e. The van der Waals surface area contributed by atoms with Crippen molar-refractivity contribution >= 4 is 0 Å². The number of unbranched alkanes of at least 4 members (excludes halogenated alkanes) is 1. The van der Waals surface area contributed by atoms with Crippen molar-refractivity contribution in [1.82, 2.24) is 0 Å². The van der Waals surface area contributed by atoms with Gasteiger partial charge in [-0.25, -0.2) is 0 Å². The van der Waals surface area contributed by atoms with Gasteiger partial charge in [-0.3, -0.25) is 0 Å². The summed E-state index contributed by atoms with van der Waals surface area (Å²) in [5.41, 5.74) is 6.88. The summed E-state index contributed by atoms with van der Waals surface area (Å²) in [4.78, 5) is 0. The van der Waals surface area contributed by atoms with Crippen LogP contribution in [0.2, 0.25) is 0 Å². The van der Waals surface area contributed by atoms with Gasteiger partial charge < -0.3 is 10.5 Å². The van der Waals surface area contributed by atoms with Crippen LogP contribution in [0.1, 0.15) is 51.1 Å². The molecule has 1 rings (SSSR count). The van der Waals surface area contributed by atoms with Crippen LogP contribution in [0.25, 0.3) is 0 Å². The molecule has 0 fully saturated rings. The number of benzene rings is 1. The van der Waals surface area contributed by atoms with E-state index in [2.05, 4.69) is 18.6 Å². The molecule has 2 N–H and O–H groups in total. The van der Waals surface area contributed by atoms with E-state index >= 15 is 0 Å². The van der Waals surface area contributed by atoms with Gasteiger partial charge in [0.05, 0.1) is 0 Å². The molecule has 2 nitrogen and oxygen atoms in total. The van der Waals surface area contributed by atoms with Gasteiger partial charge in [0.2, 0.25) is 0 Å². The predicted octanol–water partition coefficient (Wildman–Crippen LogP) is 4.80. The second kappa shape index (κ2) is 7.53. The summed E-state index contributed by atoms with van der Waals surface area (Å²) in [6, 6.07) is 5.71. The fourth-order valence-corrected chi connectivity index (χ4v) is 2.30. The molecule has 1 aromatic carbocycles. The molecule has 0 radical (unpaired) electrons. The molecule has 0 saturated heterocycles. The van der Waals surface area contributed by atoms with Crippen LogP contribution in [-0.2, 0) is 0 Å². The zero-order valence-corrected chi connectivity index (χ0v) is 11.9. The van der Waals surface area contributed by atoms with E-state index in [-0.39, 0.29) is 17.7 Å². The van der Waals surface area contributed by atoms with Crippen LogP contribution in [0.3, 0.4) is 0 Å². The molecule has 0 saturated carbocycles. The van der Waals surface area contributed by atoms with Crippen molar-refractivity contribution in [2.75, 3.05) is 0 Å². The van der Waals surface area contributed by atoms with Crippen LogP contribution in [0.15, 0.2) is 24.3 Å². The summed E-state index contributed by atoms with van der Waals surface area (Å²) in [7, 11) is 0. The van der Waals surface area contributed by atoms with Gasteiger partial charge in [0, 0.05) is 6.04 Å². The Labute approximate surface area is 118 Å². The van der Waals surface area contributed by atoms with Gasteiger partial charge in [-0.2, -0.15) is 0 Å². The minimum Gasteiger partial charge on any atom is -0.406 e. The van der Waals surface area contributed by atoms with Crippen LogP contribution in [0, 0.1) is 5.92 Å². The lowest BCUT2D eigenvalue weighted by Crippen LogP contribution is -2.22. The molecule has 0 heterocycles. The van der Waals surface area contributed by atoms with Gasteiger partial charge in [-0.15, -0.1) is 13.2 Å². The first kappa shape index (κ1) is 16.8. The quantitative estimate of drug-likeness (QED) is 0.782. The highest BCUT2D eigenvalue weighted by Crippen LogP contribution is 2.30. The maximum atomic E-state index is 12.2. The van der Waals surface area contributed by atoms with E-state index in [0.717, 1.165) is 25.7 Å². The summed E-state index contributed by atoms with van der Waals surface area (Å²) in [6.45, 7) is 4.16. The Kier molecular flexibility index (Phi) is 6.33. The maximum absolute atomic E-state index is 12.2. The van der Waals surface area contributed by atoms with Crippen LogP contribution in [0.4, 0.5) is 13.2 Å². The Morgan fingerprint density at radius 1 is 1.25 bits per heavy atom. The second-order valence-corrected chi connectivity index (χ2v) is 4.96. The van der Waals surface area contributed by atoms with E-state index in [1.165, 1.54) is 12.1 Å². The van der Waals surface area contributed by atoms with Crippen LogP contribution in [0.5, 0.6) is 5.75 Å². The second-order valence-electron chi connectivity index (χ2n) is 4.96. The zero-order valence-electron chi connectivity index (χ0n) is 11.9. The SMILES string of the molecule is CCCCC(CC)C(N)c1cccc(OC(F)(F)F)c1. The molecular weight excluding hydrogens is 267 g/mol. The predicted molar refractivity (Wildman–Crippen MR) is 73.4 cm³/mol. The van der Waals surface area contributed by atoms with E-state index < -0.39 is 6.36 Å². The number of hydrogen-bond donors (Lipinski definition) is 1. The summed E-state index contributed by atoms with van der Waals surface area (Å²) < 4.78 is 40.6. The molecule has 20 heavy (non-hydrogen) atoms. The fraction of sp³-hybridized carbons (Fsp3) is 0.600. The van der Waals surface area contributed by atoms with E-state index in [4.69, 9.17) is 5.73 Å². The van der Waals surface area contributed by atoms with Crippen molar-refractivity contribution in [2.24, 2.45) is 11.7 Å². The third-order valence-corrected chi connectivity index (χ3v) is 3.44. The maximum Gasteiger partial charge on any atom is 0.573 e. The Hall–Kier alpha value is -1.23. The Morgan fingerprint density at radius 2 is 1.95 bits per heavy atom. The Morgan fingerprint density at radius 3 is 2.50 bits per heavy atom.